The van der Waals surface area contributed by atoms with Crippen molar-refractivity contribution in [2.45, 2.75) is 39.2 Å². The van der Waals surface area contributed by atoms with Gasteiger partial charge in [0, 0.05) is 18.4 Å². The molecule has 0 N–H and O–H groups in total. The first-order valence-corrected chi connectivity index (χ1v) is 10.2. The van der Waals surface area contributed by atoms with Crippen LogP contribution in [0.1, 0.15) is 47.3 Å². The molecule has 1 aliphatic heterocycles. The zero-order chi connectivity index (χ0) is 22.2. The largest absolute Gasteiger partial charge is 0.389 e. The summed E-state index contributed by atoms with van der Waals surface area (Å²) in [7, 11) is 0. The van der Waals surface area contributed by atoms with E-state index in [2.05, 4.69) is 17.3 Å². The molecule has 1 aliphatic rings. The summed E-state index contributed by atoms with van der Waals surface area (Å²) in [6.07, 6.45) is 0.670. The van der Waals surface area contributed by atoms with Gasteiger partial charge in [0.05, 0.1) is 11.3 Å². The second kappa shape index (κ2) is 8.06. The van der Waals surface area contributed by atoms with Crippen molar-refractivity contribution in [1.29, 1.82) is 0 Å². The van der Waals surface area contributed by atoms with Crippen LogP contribution in [0.5, 0.6) is 0 Å². The average molecular weight is 419 g/mol. The van der Waals surface area contributed by atoms with Crippen molar-refractivity contribution < 1.29 is 18.4 Å². The lowest BCUT2D eigenvalue weighted by molar-refractivity contribution is 0.0123. The molecule has 0 aromatic heterocycles. The predicted molar refractivity (Wildman–Crippen MR) is 117 cm³/mol. The molecule has 0 saturated heterocycles. The Hall–Kier alpha value is -3.34. The van der Waals surface area contributed by atoms with Crippen LogP contribution in [0.4, 0.5) is 8.78 Å². The number of hydrogen-bond acceptors (Lipinski definition) is 3. The molecule has 0 atom stereocenters. The van der Waals surface area contributed by atoms with Gasteiger partial charge in [0.1, 0.15) is 17.2 Å². The zero-order valence-electron chi connectivity index (χ0n) is 17.7. The van der Waals surface area contributed by atoms with Crippen LogP contribution in [-0.2, 0) is 11.3 Å². The van der Waals surface area contributed by atoms with Gasteiger partial charge in [-0.25, -0.2) is 8.78 Å². The van der Waals surface area contributed by atoms with E-state index < -0.39 is 23.0 Å². The highest BCUT2D eigenvalue weighted by molar-refractivity contribution is 6.02. The Morgan fingerprint density at radius 2 is 1.65 bits per heavy atom. The summed E-state index contributed by atoms with van der Waals surface area (Å²) in [6.45, 7) is 6.05. The number of Topliss-reactive ketones (excluding diaryl/α,β-unsaturated/α-hetero) is 1. The summed E-state index contributed by atoms with van der Waals surface area (Å²) in [5, 5.41) is 4.23. The molecule has 1 heterocycles. The molecule has 0 bridgehead atoms. The molecule has 0 saturated carbocycles. The van der Waals surface area contributed by atoms with Crippen molar-refractivity contribution in [3.63, 3.8) is 0 Å². The molecule has 0 unspecified atom stereocenters. The van der Waals surface area contributed by atoms with Crippen LogP contribution in [-0.4, -0.2) is 17.1 Å². The summed E-state index contributed by atoms with van der Waals surface area (Å²) in [5.74, 6) is -2.25. The third-order valence-corrected chi connectivity index (χ3v) is 5.44. The van der Waals surface area contributed by atoms with E-state index in [0.717, 1.165) is 46.5 Å². The van der Waals surface area contributed by atoms with Gasteiger partial charge < -0.3 is 4.84 Å². The first-order chi connectivity index (χ1) is 14.7. The molecule has 5 heteroatoms. The van der Waals surface area contributed by atoms with Gasteiger partial charge in [0.2, 0.25) is 0 Å². The molecule has 3 aromatic rings. The lowest BCUT2D eigenvalue weighted by Gasteiger charge is -2.14. The fourth-order valence-corrected chi connectivity index (χ4v) is 3.75. The number of hydrogen-bond donors (Lipinski definition) is 0. The van der Waals surface area contributed by atoms with E-state index in [4.69, 9.17) is 4.84 Å². The fourth-order valence-electron chi connectivity index (χ4n) is 3.75. The van der Waals surface area contributed by atoms with Crippen molar-refractivity contribution in [2.75, 3.05) is 0 Å². The van der Waals surface area contributed by atoms with Crippen LogP contribution in [0.3, 0.4) is 0 Å². The van der Waals surface area contributed by atoms with E-state index in [9.17, 15) is 13.6 Å². The Labute approximate surface area is 180 Å². The van der Waals surface area contributed by atoms with Crippen molar-refractivity contribution in [3.8, 4) is 11.1 Å². The number of halogens is 2. The first kappa shape index (κ1) is 20.9. The fraction of sp³-hybridized carbons (Fsp3) is 0.231. The molecule has 3 nitrogen and oxygen atoms in total. The van der Waals surface area contributed by atoms with E-state index in [-0.39, 0.29) is 12.0 Å². The SMILES string of the molecule is Cc1ccc(C2=NOC(C)(C)C2)cc1-c1ccc(CC(=O)c2c(F)cccc2F)cc1. The van der Waals surface area contributed by atoms with Crippen molar-refractivity contribution in [1.82, 2.24) is 0 Å². The third-order valence-electron chi connectivity index (χ3n) is 5.44. The van der Waals surface area contributed by atoms with E-state index in [1.54, 1.807) is 0 Å². The molecule has 0 aliphatic carbocycles. The van der Waals surface area contributed by atoms with Crippen LogP contribution in [0.2, 0.25) is 0 Å². The van der Waals surface area contributed by atoms with Gasteiger partial charge in [0.15, 0.2) is 5.78 Å². The predicted octanol–water partition coefficient (Wildman–Crippen LogP) is 6.27. The van der Waals surface area contributed by atoms with Gasteiger partial charge in [-0.2, -0.15) is 0 Å². The van der Waals surface area contributed by atoms with Gasteiger partial charge in [-0.05, 0) is 61.2 Å². The molecule has 0 radical (unpaired) electrons. The number of benzene rings is 3. The van der Waals surface area contributed by atoms with E-state index in [1.807, 2.05) is 51.1 Å². The first-order valence-electron chi connectivity index (χ1n) is 10.2. The molecule has 0 spiro atoms. The number of aryl methyl sites for hydroxylation is 1. The highest BCUT2D eigenvalue weighted by Gasteiger charge is 2.29. The second-order valence-corrected chi connectivity index (χ2v) is 8.49. The zero-order valence-corrected chi connectivity index (χ0v) is 17.7. The molecule has 158 valence electrons. The molecular formula is C26H23F2NO2. The highest BCUT2D eigenvalue weighted by atomic mass is 19.1. The Morgan fingerprint density at radius 1 is 1.00 bits per heavy atom. The van der Waals surface area contributed by atoms with Crippen LogP contribution >= 0.6 is 0 Å². The lowest BCUT2D eigenvalue weighted by Crippen LogP contribution is -2.19. The quantitative estimate of drug-likeness (QED) is 0.457. The van der Waals surface area contributed by atoms with E-state index in [0.29, 0.717) is 5.56 Å². The summed E-state index contributed by atoms with van der Waals surface area (Å²) >= 11 is 0. The number of oxime groups is 1. The van der Waals surface area contributed by atoms with Gasteiger partial charge >= 0.3 is 0 Å². The maximum atomic E-state index is 13.9. The summed E-state index contributed by atoms with van der Waals surface area (Å²) < 4.78 is 27.7. The molecule has 3 aromatic carbocycles. The molecule has 0 fully saturated rings. The van der Waals surface area contributed by atoms with Crippen molar-refractivity contribution >= 4 is 11.5 Å². The van der Waals surface area contributed by atoms with Gasteiger partial charge in [-0.15, -0.1) is 0 Å². The summed E-state index contributed by atoms with van der Waals surface area (Å²) in [5.41, 5.74) is 5.00. The Morgan fingerprint density at radius 3 is 2.26 bits per heavy atom. The maximum absolute atomic E-state index is 13.9. The Kier molecular flexibility index (Phi) is 5.44. The molecule has 0 amide bonds. The standard InChI is InChI=1S/C26H23F2NO2/c1-16-7-10-19(23-15-26(2,3)31-29-23)14-20(16)18-11-8-17(9-12-18)13-24(30)25-21(27)5-4-6-22(25)28/h4-12,14H,13,15H2,1-3H3. The summed E-state index contributed by atoms with van der Waals surface area (Å²) in [6, 6.07) is 17.1. The molecule has 31 heavy (non-hydrogen) atoms. The minimum atomic E-state index is -0.837. The van der Waals surface area contributed by atoms with Crippen molar-refractivity contribution in [2.24, 2.45) is 5.16 Å². The topological polar surface area (TPSA) is 38.7 Å². The van der Waals surface area contributed by atoms with Gasteiger partial charge in [0.25, 0.3) is 0 Å². The number of ketones is 1. The third kappa shape index (κ3) is 4.41. The number of carbonyl (C=O) groups is 1. The number of nitrogens with zero attached hydrogens (tertiary/aromatic N) is 1. The van der Waals surface area contributed by atoms with Crippen LogP contribution < -0.4 is 0 Å². The van der Waals surface area contributed by atoms with E-state index >= 15 is 0 Å². The van der Waals surface area contributed by atoms with Gasteiger partial charge in [-0.3, -0.25) is 4.79 Å². The monoisotopic (exact) mass is 419 g/mol. The van der Waals surface area contributed by atoms with Crippen LogP contribution in [0, 0.1) is 18.6 Å². The van der Waals surface area contributed by atoms with E-state index in [1.165, 1.54) is 6.07 Å². The maximum Gasteiger partial charge on any atom is 0.173 e. The summed E-state index contributed by atoms with van der Waals surface area (Å²) in [4.78, 5) is 17.9. The Bertz CT molecular complexity index is 1160. The molecular weight excluding hydrogens is 396 g/mol. The number of rotatable bonds is 5. The minimum Gasteiger partial charge on any atom is -0.389 e. The average Bonchev–Trinajstić information content (AvgIpc) is 3.09. The van der Waals surface area contributed by atoms with Crippen LogP contribution in [0.25, 0.3) is 11.1 Å². The number of carbonyl (C=O) groups excluding carboxylic acids is 1. The highest BCUT2D eigenvalue weighted by Crippen LogP contribution is 2.30. The Balaban J connectivity index is 1.56. The molecule has 4 rings (SSSR count). The van der Waals surface area contributed by atoms with Gasteiger partial charge in [-0.1, -0.05) is 47.6 Å². The minimum absolute atomic E-state index is 0.0691. The van der Waals surface area contributed by atoms with Crippen LogP contribution in [0.15, 0.2) is 65.8 Å². The van der Waals surface area contributed by atoms with Crippen molar-refractivity contribution in [3.05, 3.63) is 94.6 Å². The lowest BCUT2D eigenvalue weighted by atomic mass is 9.92. The smallest absolute Gasteiger partial charge is 0.173 e. The second-order valence-electron chi connectivity index (χ2n) is 8.49. The normalized spacial score (nSPS) is 14.8.